The summed E-state index contributed by atoms with van der Waals surface area (Å²) < 4.78 is 6.01. The van der Waals surface area contributed by atoms with Crippen molar-refractivity contribution in [1.29, 1.82) is 0 Å². The molecule has 1 aliphatic heterocycles. The smallest absolute Gasteiger partial charge is 0.223 e. The van der Waals surface area contributed by atoms with E-state index in [-0.39, 0.29) is 17.9 Å². The fourth-order valence-electron chi connectivity index (χ4n) is 3.78. The molecule has 0 bridgehead atoms. The van der Waals surface area contributed by atoms with Crippen LogP contribution in [0.25, 0.3) is 0 Å². The number of benzene rings is 1. The van der Waals surface area contributed by atoms with Crippen LogP contribution in [-0.4, -0.2) is 41.9 Å². The fraction of sp³-hybridized carbons (Fsp3) is 0.619. The first kappa shape index (κ1) is 18.7. The molecule has 5 nitrogen and oxygen atoms in total. The Hall–Kier alpha value is -2.04. The molecule has 1 saturated heterocycles. The third-order valence-electron chi connectivity index (χ3n) is 5.40. The summed E-state index contributed by atoms with van der Waals surface area (Å²) in [6, 6.07) is 8.41. The molecular formula is C21H30N2O3. The van der Waals surface area contributed by atoms with Gasteiger partial charge in [0.2, 0.25) is 11.8 Å². The van der Waals surface area contributed by atoms with Crippen LogP contribution in [0.3, 0.4) is 0 Å². The van der Waals surface area contributed by atoms with Gasteiger partial charge in [0.25, 0.3) is 0 Å². The van der Waals surface area contributed by atoms with E-state index in [0.717, 1.165) is 31.4 Å². The molecule has 5 heteroatoms. The van der Waals surface area contributed by atoms with Gasteiger partial charge >= 0.3 is 0 Å². The van der Waals surface area contributed by atoms with Gasteiger partial charge in [-0.1, -0.05) is 30.5 Å². The molecule has 0 unspecified atom stereocenters. The lowest BCUT2D eigenvalue weighted by Crippen LogP contribution is -2.42. The van der Waals surface area contributed by atoms with Crippen molar-refractivity contribution < 1.29 is 14.3 Å². The number of nitrogens with zero attached hydrogens (tertiary/aromatic N) is 1. The van der Waals surface area contributed by atoms with Crippen LogP contribution in [0.15, 0.2) is 24.3 Å². The highest BCUT2D eigenvalue weighted by Crippen LogP contribution is 2.20. The molecule has 2 amide bonds. The SMILES string of the molecule is Cc1ccc(OC2CCN(C(=O)CCC(=O)NC3CCCC3)CC2)cc1. The van der Waals surface area contributed by atoms with Gasteiger partial charge in [-0.05, 0) is 31.9 Å². The Morgan fingerprint density at radius 3 is 2.35 bits per heavy atom. The summed E-state index contributed by atoms with van der Waals surface area (Å²) >= 11 is 0. The van der Waals surface area contributed by atoms with Crippen LogP contribution in [0.2, 0.25) is 0 Å². The number of likely N-dealkylation sites (tertiary alicyclic amines) is 1. The molecule has 1 aliphatic carbocycles. The Labute approximate surface area is 156 Å². The molecule has 2 aliphatic rings. The molecule has 1 N–H and O–H groups in total. The van der Waals surface area contributed by atoms with E-state index in [1.807, 2.05) is 29.2 Å². The van der Waals surface area contributed by atoms with E-state index in [2.05, 4.69) is 12.2 Å². The Balaban J connectivity index is 1.35. The van der Waals surface area contributed by atoms with E-state index in [0.29, 0.717) is 32.0 Å². The zero-order valence-electron chi connectivity index (χ0n) is 15.7. The predicted molar refractivity (Wildman–Crippen MR) is 101 cm³/mol. The van der Waals surface area contributed by atoms with Gasteiger partial charge in [0.05, 0.1) is 0 Å². The molecule has 0 aromatic heterocycles. The molecule has 142 valence electrons. The molecule has 0 radical (unpaired) electrons. The number of nitrogens with one attached hydrogen (secondary N) is 1. The van der Waals surface area contributed by atoms with Gasteiger partial charge in [-0.25, -0.2) is 0 Å². The maximum atomic E-state index is 12.3. The van der Waals surface area contributed by atoms with Gasteiger partial charge in [-0.15, -0.1) is 0 Å². The molecule has 2 fully saturated rings. The second-order valence-electron chi connectivity index (χ2n) is 7.56. The van der Waals surface area contributed by atoms with Crippen LogP contribution in [-0.2, 0) is 9.59 Å². The maximum absolute atomic E-state index is 12.3. The normalized spacial score (nSPS) is 18.7. The molecule has 0 spiro atoms. The minimum atomic E-state index is 0.0165. The minimum absolute atomic E-state index is 0.0165. The van der Waals surface area contributed by atoms with E-state index in [9.17, 15) is 9.59 Å². The lowest BCUT2D eigenvalue weighted by atomic mass is 10.1. The summed E-state index contributed by atoms with van der Waals surface area (Å²) in [6.07, 6.45) is 7.00. The Bertz CT molecular complexity index is 600. The average Bonchev–Trinajstić information content (AvgIpc) is 3.15. The van der Waals surface area contributed by atoms with E-state index >= 15 is 0 Å². The van der Waals surface area contributed by atoms with Gasteiger partial charge in [0.15, 0.2) is 0 Å². The molecule has 1 aromatic rings. The van der Waals surface area contributed by atoms with E-state index < -0.39 is 0 Å². The second-order valence-corrected chi connectivity index (χ2v) is 7.56. The third kappa shape index (κ3) is 5.48. The number of piperidine rings is 1. The van der Waals surface area contributed by atoms with Gasteiger partial charge in [-0.3, -0.25) is 9.59 Å². The first-order valence-electron chi connectivity index (χ1n) is 9.90. The number of hydrogen-bond donors (Lipinski definition) is 1. The average molecular weight is 358 g/mol. The number of ether oxygens (including phenoxy) is 1. The van der Waals surface area contributed by atoms with Crippen molar-refractivity contribution in [3.8, 4) is 5.75 Å². The van der Waals surface area contributed by atoms with Crippen molar-refractivity contribution in [2.45, 2.75) is 70.4 Å². The van der Waals surface area contributed by atoms with Crippen molar-refractivity contribution in [3.63, 3.8) is 0 Å². The molecule has 0 atom stereocenters. The number of rotatable bonds is 6. The lowest BCUT2D eigenvalue weighted by Gasteiger charge is -2.32. The van der Waals surface area contributed by atoms with Crippen molar-refractivity contribution in [2.24, 2.45) is 0 Å². The number of aryl methyl sites for hydroxylation is 1. The lowest BCUT2D eigenvalue weighted by molar-refractivity contribution is -0.135. The summed E-state index contributed by atoms with van der Waals surface area (Å²) in [7, 11) is 0. The molecular weight excluding hydrogens is 328 g/mol. The van der Waals surface area contributed by atoms with Crippen LogP contribution in [0.1, 0.15) is 56.9 Å². The number of amides is 2. The van der Waals surface area contributed by atoms with E-state index in [4.69, 9.17) is 4.74 Å². The standard InChI is InChI=1S/C21H30N2O3/c1-16-6-8-18(9-7-16)26-19-12-14-23(15-13-19)21(25)11-10-20(24)22-17-4-2-3-5-17/h6-9,17,19H,2-5,10-15H2,1H3,(H,22,24). The minimum Gasteiger partial charge on any atom is -0.490 e. The summed E-state index contributed by atoms with van der Waals surface area (Å²) in [5.74, 6) is 0.993. The summed E-state index contributed by atoms with van der Waals surface area (Å²) in [5, 5.41) is 3.05. The fourth-order valence-corrected chi connectivity index (χ4v) is 3.78. The summed E-state index contributed by atoms with van der Waals surface area (Å²) in [4.78, 5) is 26.2. The van der Waals surface area contributed by atoms with Crippen LogP contribution < -0.4 is 10.1 Å². The van der Waals surface area contributed by atoms with Gasteiger partial charge < -0.3 is 15.0 Å². The van der Waals surface area contributed by atoms with E-state index in [1.54, 1.807) is 0 Å². The zero-order chi connectivity index (χ0) is 18.4. The van der Waals surface area contributed by atoms with Crippen molar-refractivity contribution in [3.05, 3.63) is 29.8 Å². The highest BCUT2D eigenvalue weighted by molar-refractivity contribution is 5.84. The third-order valence-corrected chi connectivity index (χ3v) is 5.40. The first-order valence-corrected chi connectivity index (χ1v) is 9.90. The topological polar surface area (TPSA) is 58.6 Å². The van der Waals surface area contributed by atoms with Gasteiger partial charge in [0, 0.05) is 44.8 Å². The number of carbonyl (C=O) groups is 2. The van der Waals surface area contributed by atoms with Gasteiger partial charge in [0.1, 0.15) is 11.9 Å². The number of carbonyl (C=O) groups excluding carboxylic acids is 2. The highest BCUT2D eigenvalue weighted by atomic mass is 16.5. The van der Waals surface area contributed by atoms with Crippen LogP contribution >= 0.6 is 0 Å². The van der Waals surface area contributed by atoms with Crippen molar-refractivity contribution in [1.82, 2.24) is 10.2 Å². The first-order chi connectivity index (χ1) is 12.6. The Morgan fingerprint density at radius 2 is 1.69 bits per heavy atom. The number of hydrogen-bond acceptors (Lipinski definition) is 3. The monoisotopic (exact) mass is 358 g/mol. The maximum Gasteiger partial charge on any atom is 0.223 e. The second kappa shape index (κ2) is 9.06. The molecule has 1 saturated carbocycles. The summed E-state index contributed by atoms with van der Waals surface area (Å²) in [6.45, 7) is 3.47. The summed E-state index contributed by atoms with van der Waals surface area (Å²) in [5.41, 5.74) is 1.22. The predicted octanol–water partition coefficient (Wildman–Crippen LogP) is 3.20. The van der Waals surface area contributed by atoms with Gasteiger partial charge in [-0.2, -0.15) is 0 Å². The molecule has 26 heavy (non-hydrogen) atoms. The van der Waals surface area contributed by atoms with E-state index in [1.165, 1.54) is 18.4 Å². The van der Waals surface area contributed by atoms with Crippen LogP contribution in [0, 0.1) is 6.92 Å². The molecule has 3 rings (SSSR count). The highest BCUT2D eigenvalue weighted by Gasteiger charge is 2.24. The Kier molecular flexibility index (Phi) is 6.53. The largest absolute Gasteiger partial charge is 0.490 e. The zero-order valence-corrected chi connectivity index (χ0v) is 15.7. The molecule has 1 heterocycles. The Morgan fingerprint density at radius 1 is 1.04 bits per heavy atom. The van der Waals surface area contributed by atoms with Crippen LogP contribution in [0.4, 0.5) is 0 Å². The van der Waals surface area contributed by atoms with Crippen molar-refractivity contribution >= 4 is 11.8 Å². The van der Waals surface area contributed by atoms with Crippen LogP contribution in [0.5, 0.6) is 5.75 Å². The quantitative estimate of drug-likeness (QED) is 0.849. The van der Waals surface area contributed by atoms with Crippen molar-refractivity contribution in [2.75, 3.05) is 13.1 Å². The molecule has 1 aromatic carbocycles.